The summed E-state index contributed by atoms with van der Waals surface area (Å²) < 4.78 is 5.45. The Balaban J connectivity index is 1.94. The first-order valence-corrected chi connectivity index (χ1v) is 6.91. The molecule has 16 heavy (non-hydrogen) atoms. The largest absolute Gasteiger partial charge is 0.379 e. The van der Waals surface area contributed by atoms with Crippen molar-refractivity contribution in [3.63, 3.8) is 0 Å². The summed E-state index contributed by atoms with van der Waals surface area (Å²) in [5, 5.41) is 3.54. The maximum atomic E-state index is 5.45. The van der Waals surface area contributed by atoms with E-state index in [9.17, 15) is 0 Å². The average molecular weight is 226 g/mol. The van der Waals surface area contributed by atoms with Gasteiger partial charge in [0.05, 0.1) is 13.2 Å². The van der Waals surface area contributed by atoms with E-state index < -0.39 is 0 Å². The van der Waals surface area contributed by atoms with Crippen LogP contribution in [0.2, 0.25) is 0 Å². The predicted molar refractivity (Wildman–Crippen MR) is 66.7 cm³/mol. The van der Waals surface area contributed by atoms with Crippen molar-refractivity contribution in [3.8, 4) is 0 Å². The number of likely N-dealkylation sites (N-methyl/N-ethyl adjacent to an activating group) is 1. The molecular formula is C13H26N2O. The number of morpholine rings is 1. The van der Waals surface area contributed by atoms with Crippen LogP contribution in [-0.2, 0) is 4.74 Å². The van der Waals surface area contributed by atoms with Gasteiger partial charge >= 0.3 is 0 Å². The highest BCUT2D eigenvalue weighted by molar-refractivity contribution is 4.86. The normalized spacial score (nSPS) is 34.3. The van der Waals surface area contributed by atoms with Gasteiger partial charge in [-0.15, -0.1) is 0 Å². The Kier molecular flexibility index (Phi) is 5.07. The van der Waals surface area contributed by atoms with Crippen LogP contribution in [0.3, 0.4) is 0 Å². The first-order chi connectivity index (χ1) is 7.92. The van der Waals surface area contributed by atoms with Gasteiger partial charge in [0.15, 0.2) is 0 Å². The highest BCUT2D eigenvalue weighted by atomic mass is 16.5. The van der Waals surface area contributed by atoms with E-state index in [2.05, 4.69) is 17.3 Å². The molecule has 2 unspecified atom stereocenters. The first-order valence-electron chi connectivity index (χ1n) is 6.91. The van der Waals surface area contributed by atoms with Crippen LogP contribution in [0, 0.1) is 0 Å². The average Bonchev–Trinajstić information content (AvgIpc) is 2.30. The molecule has 2 atom stereocenters. The first kappa shape index (κ1) is 12.3. The van der Waals surface area contributed by atoms with Crippen LogP contribution in [0.1, 0.15) is 38.5 Å². The lowest BCUT2D eigenvalue weighted by Crippen LogP contribution is -2.53. The van der Waals surface area contributed by atoms with E-state index in [4.69, 9.17) is 4.74 Å². The highest BCUT2D eigenvalue weighted by Gasteiger charge is 2.27. The van der Waals surface area contributed by atoms with Crippen LogP contribution in [-0.4, -0.2) is 50.3 Å². The van der Waals surface area contributed by atoms with Gasteiger partial charge in [-0.05, 0) is 19.9 Å². The van der Waals surface area contributed by atoms with E-state index in [0.717, 1.165) is 32.3 Å². The summed E-state index contributed by atoms with van der Waals surface area (Å²) in [7, 11) is 2.12. The van der Waals surface area contributed by atoms with Gasteiger partial charge in [-0.2, -0.15) is 0 Å². The molecule has 0 aromatic rings. The van der Waals surface area contributed by atoms with Crippen molar-refractivity contribution in [2.75, 3.05) is 33.4 Å². The van der Waals surface area contributed by atoms with E-state index in [0.29, 0.717) is 6.04 Å². The molecule has 3 nitrogen and oxygen atoms in total. The second kappa shape index (κ2) is 6.58. The van der Waals surface area contributed by atoms with Crippen molar-refractivity contribution in [2.24, 2.45) is 0 Å². The minimum absolute atomic E-state index is 0.693. The zero-order valence-corrected chi connectivity index (χ0v) is 10.6. The van der Waals surface area contributed by atoms with E-state index in [1.165, 1.54) is 38.5 Å². The Morgan fingerprint density at radius 2 is 1.69 bits per heavy atom. The zero-order valence-electron chi connectivity index (χ0n) is 10.6. The molecule has 0 bridgehead atoms. The van der Waals surface area contributed by atoms with Crippen molar-refractivity contribution >= 4 is 0 Å². The summed E-state index contributed by atoms with van der Waals surface area (Å²) in [6.45, 7) is 4.10. The molecule has 0 radical (unpaired) electrons. The molecule has 2 rings (SSSR count). The summed E-state index contributed by atoms with van der Waals surface area (Å²) in [6, 6.07) is 1.44. The van der Waals surface area contributed by atoms with E-state index in [1.54, 1.807) is 0 Å². The number of nitrogens with zero attached hydrogens (tertiary/aromatic N) is 1. The van der Waals surface area contributed by atoms with Gasteiger partial charge in [0.25, 0.3) is 0 Å². The molecule has 1 saturated heterocycles. The molecule has 1 saturated carbocycles. The molecule has 1 aliphatic heterocycles. The number of hydrogen-bond acceptors (Lipinski definition) is 3. The van der Waals surface area contributed by atoms with Crippen molar-refractivity contribution in [1.29, 1.82) is 0 Å². The van der Waals surface area contributed by atoms with Crippen molar-refractivity contribution in [2.45, 2.75) is 50.6 Å². The molecule has 94 valence electrons. The lowest BCUT2D eigenvalue weighted by molar-refractivity contribution is 0.00378. The molecule has 1 N–H and O–H groups in total. The number of ether oxygens (including phenoxy) is 1. The zero-order chi connectivity index (χ0) is 11.2. The molecule has 0 aromatic heterocycles. The van der Waals surface area contributed by atoms with Crippen LogP contribution in [0.5, 0.6) is 0 Å². The van der Waals surface area contributed by atoms with E-state index >= 15 is 0 Å². The number of nitrogens with one attached hydrogen (secondary N) is 1. The summed E-state index contributed by atoms with van der Waals surface area (Å²) in [5.74, 6) is 0. The number of rotatable bonds is 2. The lowest BCUT2D eigenvalue weighted by atomic mass is 9.91. The molecule has 1 heterocycles. The van der Waals surface area contributed by atoms with Crippen molar-refractivity contribution in [1.82, 2.24) is 10.2 Å². The summed E-state index contributed by atoms with van der Waals surface area (Å²) in [4.78, 5) is 2.65. The molecule has 2 aliphatic rings. The van der Waals surface area contributed by atoms with E-state index in [-0.39, 0.29) is 0 Å². The molecule has 1 aliphatic carbocycles. The Morgan fingerprint density at radius 1 is 1.00 bits per heavy atom. The van der Waals surface area contributed by atoms with Crippen LogP contribution in [0.4, 0.5) is 0 Å². The Bertz CT molecular complexity index is 190. The van der Waals surface area contributed by atoms with Gasteiger partial charge in [-0.25, -0.2) is 0 Å². The van der Waals surface area contributed by atoms with Crippen LogP contribution in [0.25, 0.3) is 0 Å². The fraction of sp³-hybridized carbons (Fsp3) is 1.00. The Labute approximate surface area is 99.5 Å². The molecule has 0 aromatic carbocycles. The lowest BCUT2D eigenvalue weighted by Gasteiger charge is -2.40. The minimum atomic E-state index is 0.693. The van der Waals surface area contributed by atoms with Crippen LogP contribution < -0.4 is 5.32 Å². The van der Waals surface area contributed by atoms with E-state index in [1.807, 2.05) is 0 Å². The summed E-state index contributed by atoms with van der Waals surface area (Å²) in [5.41, 5.74) is 0. The molecule has 2 fully saturated rings. The molecule has 0 amide bonds. The van der Waals surface area contributed by atoms with Crippen LogP contribution >= 0.6 is 0 Å². The third kappa shape index (κ3) is 3.19. The maximum Gasteiger partial charge on any atom is 0.0594 e. The smallest absolute Gasteiger partial charge is 0.0594 e. The third-order valence-electron chi connectivity index (χ3n) is 4.11. The van der Waals surface area contributed by atoms with Gasteiger partial charge in [-0.1, -0.05) is 25.7 Å². The quantitative estimate of drug-likeness (QED) is 0.774. The summed E-state index contributed by atoms with van der Waals surface area (Å²) >= 11 is 0. The predicted octanol–water partition coefficient (Wildman–Crippen LogP) is 1.63. The molecule has 3 heteroatoms. The third-order valence-corrected chi connectivity index (χ3v) is 4.11. The SMILES string of the molecule is CNC1CCCCCCC1N1CCOCC1. The minimum Gasteiger partial charge on any atom is -0.379 e. The van der Waals surface area contributed by atoms with Gasteiger partial charge < -0.3 is 10.1 Å². The van der Waals surface area contributed by atoms with Crippen LogP contribution in [0.15, 0.2) is 0 Å². The van der Waals surface area contributed by atoms with Gasteiger partial charge in [0.1, 0.15) is 0 Å². The second-order valence-corrected chi connectivity index (χ2v) is 5.10. The Morgan fingerprint density at radius 3 is 2.38 bits per heavy atom. The topological polar surface area (TPSA) is 24.5 Å². The molecule has 0 spiro atoms. The fourth-order valence-corrected chi connectivity index (χ4v) is 3.15. The van der Waals surface area contributed by atoms with Gasteiger partial charge in [0, 0.05) is 25.2 Å². The second-order valence-electron chi connectivity index (χ2n) is 5.10. The highest BCUT2D eigenvalue weighted by Crippen LogP contribution is 2.22. The van der Waals surface area contributed by atoms with Crippen molar-refractivity contribution < 1.29 is 4.74 Å². The van der Waals surface area contributed by atoms with Gasteiger partial charge in [-0.3, -0.25) is 4.90 Å². The molecular weight excluding hydrogens is 200 g/mol. The maximum absolute atomic E-state index is 5.45. The Hall–Kier alpha value is -0.120. The number of hydrogen-bond donors (Lipinski definition) is 1. The standard InChI is InChI=1S/C13H26N2O/c1-14-12-6-4-2-3-5-7-13(12)15-8-10-16-11-9-15/h12-14H,2-11H2,1H3. The van der Waals surface area contributed by atoms with Crippen molar-refractivity contribution in [3.05, 3.63) is 0 Å². The fourth-order valence-electron chi connectivity index (χ4n) is 3.15. The van der Waals surface area contributed by atoms with Gasteiger partial charge in [0.2, 0.25) is 0 Å². The summed E-state index contributed by atoms with van der Waals surface area (Å²) in [6.07, 6.45) is 8.36. The monoisotopic (exact) mass is 226 g/mol.